The molecule has 3 aliphatic rings. The molecule has 5 rings (SSSR count). The normalized spacial score (nSPS) is 23.6. The van der Waals surface area contributed by atoms with Gasteiger partial charge in [0.25, 0.3) is 0 Å². The van der Waals surface area contributed by atoms with Crippen LogP contribution in [0.4, 0.5) is 0 Å². The Kier molecular flexibility index (Phi) is 3.92. The van der Waals surface area contributed by atoms with E-state index in [1.807, 2.05) is 0 Å². The first kappa shape index (κ1) is 15.6. The highest BCUT2D eigenvalue weighted by Crippen LogP contribution is 2.36. The summed E-state index contributed by atoms with van der Waals surface area (Å²) in [6.07, 6.45) is 12.2. The van der Waals surface area contributed by atoms with Gasteiger partial charge in [0.05, 0.1) is 11.7 Å². The van der Waals surface area contributed by atoms with Gasteiger partial charge in [0.15, 0.2) is 0 Å². The number of hydrogen-bond acceptors (Lipinski definition) is 4. The number of imidazole rings is 1. The molecule has 1 aliphatic heterocycles. The maximum Gasteiger partial charge on any atom is 0.140 e. The molecule has 1 atom stereocenters. The van der Waals surface area contributed by atoms with Crippen LogP contribution >= 0.6 is 0 Å². The highest BCUT2D eigenvalue weighted by atomic mass is 16.5. The van der Waals surface area contributed by atoms with Crippen LogP contribution in [0.3, 0.4) is 0 Å². The Bertz CT molecular complexity index is 775. The molecule has 0 spiro atoms. The SMILES string of the molecule is Cn1c([C@H]2CCCN2Cc2noc3c2CCCC3)nc2c1CCCC2. The topological polar surface area (TPSA) is 47.1 Å². The van der Waals surface area contributed by atoms with E-state index in [0.29, 0.717) is 6.04 Å². The van der Waals surface area contributed by atoms with Gasteiger partial charge in [-0.2, -0.15) is 0 Å². The van der Waals surface area contributed by atoms with Gasteiger partial charge in [0.1, 0.15) is 17.3 Å². The first-order valence-corrected chi connectivity index (χ1v) is 10.1. The van der Waals surface area contributed by atoms with Crippen molar-refractivity contribution in [1.29, 1.82) is 0 Å². The number of fused-ring (bicyclic) bond motifs is 2. The molecule has 5 nitrogen and oxygen atoms in total. The molecular weight excluding hydrogens is 312 g/mol. The fourth-order valence-corrected chi connectivity index (χ4v) is 5.08. The average Bonchev–Trinajstić information content (AvgIpc) is 3.34. The summed E-state index contributed by atoms with van der Waals surface area (Å²) < 4.78 is 8.03. The Morgan fingerprint density at radius 2 is 1.88 bits per heavy atom. The summed E-state index contributed by atoms with van der Waals surface area (Å²) in [5, 5.41) is 4.43. The predicted molar refractivity (Wildman–Crippen MR) is 95.4 cm³/mol. The van der Waals surface area contributed by atoms with Crippen LogP contribution in [-0.4, -0.2) is 26.2 Å². The van der Waals surface area contributed by atoms with E-state index in [1.165, 1.54) is 73.4 Å². The second-order valence-electron chi connectivity index (χ2n) is 8.00. The van der Waals surface area contributed by atoms with E-state index < -0.39 is 0 Å². The van der Waals surface area contributed by atoms with Gasteiger partial charge in [-0.3, -0.25) is 4.90 Å². The molecule has 5 heteroatoms. The number of rotatable bonds is 3. The largest absolute Gasteiger partial charge is 0.361 e. The summed E-state index contributed by atoms with van der Waals surface area (Å²) in [6, 6.07) is 0.437. The van der Waals surface area contributed by atoms with Crippen molar-refractivity contribution in [3.63, 3.8) is 0 Å². The van der Waals surface area contributed by atoms with Crippen LogP contribution < -0.4 is 0 Å². The molecular formula is C20H28N4O. The Morgan fingerprint density at radius 3 is 2.80 bits per heavy atom. The van der Waals surface area contributed by atoms with E-state index >= 15 is 0 Å². The Labute approximate surface area is 149 Å². The first-order chi connectivity index (χ1) is 12.3. The van der Waals surface area contributed by atoms with E-state index in [-0.39, 0.29) is 0 Å². The number of nitrogens with zero attached hydrogens (tertiary/aromatic N) is 4. The van der Waals surface area contributed by atoms with Gasteiger partial charge >= 0.3 is 0 Å². The van der Waals surface area contributed by atoms with E-state index in [4.69, 9.17) is 9.51 Å². The minimum absolute atomic E-state index is 0.437. The Hall–Kier alpha value is -1.62. The van der Waals surface area contributed by atoms with Crippen LogP contribution in [-0.2, 0) is 39.3 Å². The second-order valence-corrected chi connectivity index (χ2v) is 8.00. The van der Waals surface area contributed by atoms with Crippen LogP contribution in [0.5, 0.6) is 0 Å². The summed E-state index contributed by atoms with van der Waals surface area (Å²) >= 11 is 0. The molecule has 0 bridgehead atoms. The molecule has 3 heterocycles. The third kappa shape index (κ3) is 2.64. The lowest BCUT2D eigenvalue weighted by Crippen LogP contribution is -2.26. The van der Waals surface area contributed by atoms with Gasteiger partial charge in [-0.25, -0.2) is 4.98 Å². The number of aryl methyl sites for hydroxylation is 2. The predicted octanol–water partition coefficient (Wildman–Crippen LogP) is 3.50. The van der Waals surface area contributed by atoms with E-state index in [0.717, 1.165) is 38.1 Å². The average molecular weight is 340 g/mol. The van der Waals surface area contributed by atoms with E-state index in [2.05, 4.69) is 21.7 Å². The smallest absolute Gasteiger partial charge is 0.140 e. The van der Waals surface area contributed by atoms with Crippen LogP contribution in [0.2, 0.25) is 0 Å². The Balaban J connectivity index is 1.41. The van der Waals surface area contributed by atoms with E-state index in [9.17, 15) is 0 Å². The van der Waals surface area contributed by atoms with Crippen molar-refractivity contribution in [2.45, 2.75) is 76.8 Å². The third-order valence-corrected chi connectivity index (χ3v) is 6.45. The van der Waals surface area contributed by atoms with Crippen LogP contribution in [0.15, 0.2) is 4.52 Å². The van der Waals surface area contributed by atoms with Crippen molar-refractivity contribution >= 4 is 0 Å². The molecule has 0 aromatic carbocycles. The number of aromatic nitrogens is 3. The molecule has 0 saturated carbocycles. The van der Waals surface area contributed by atoms with Crippen molar-refractivity contribution in [2.75, 3.05) is 6.54 Å². The second kappa shape index (κ2) is 6.27. The van der Waals surface area contributed by atoms with Gasteiger partial charge in [0.2, 0.25) is 0 Å². The van der Waals surface area contributed by atoms with Crippen molar-refractivity contribution in [2.24, 2.45) is 7.05 Å². The molecule has 1 fully saturated rings. The summed E-state index contributed by atoms with van der Waals surface area (Å²) in [7, 11) is 2.22. The molecule has 0 amide bonds. The van der Waals surface area contributed by atoms with Gasteiger partial charge in [0, 0.05) is 31.3 Å². The van der Waals surface area contributed by atoms with Crippen molar-refractivity contribution in [3.05, 3.63) is 34.2 Å². The van der Waals surface area contributed by atoms with Crippen molar-refractivity contribution in [1.82, 2.24) is 19.6 Å². The number of hydrogen-bond donors (Lipinski definition) is 0. The maximum atomic E-state index is 5.63. The fraction of sp³-hybridized carbons (Fsp3) is 0.700. The molecule has 0 N–H and O–H groups in total. The quantitative estimate of drug-likeness (QED) is 0.858. The van der Waals surface area contributed by atoms with Crippen molar-refractivity contribution < 1.29 is 4.52 Å². The van der Waals surface area contributed by atoms with Crippen LogP contribution in [0, 0.1) is 0 Å². The van der Waals surface area contributed by atoms with Gasteiger partial charge in [-0.05, 0) is 64.3 Å². The first-order valence-electron chi connectivity index (χ1n) is 10.1. The molecule has 25 heavy (non-hydrogen) atoms. The minimum atomic E-state index is 0.437. The van der Waals surface area contributed by atoms with Gasteiger partial charge in [-0.1, -0.05) is 5.16 Å². The summed E-state index contributed by atoms with van der Waals surface area (Å²) in [5.74, 6) is 2.42. The van der Waals surface area contributed by atoms with E-state index in [1.54, 1.807) is 0 Å². The van der Waals surface area contributed by atoms with Crippen LogP contribution in [0.25, 0.3) is 0 Å². The highest BCUT2D eigenvalue weighted by molar-refractivity contribution is 5.26. The maximum absolute atomic E-state index is 5.63. The zero-order valence-electron chi connectivity index (χ0n) is 15.3. The van der Waals surface area contributed by atoms with Crippen molar-refractivity contribution in [3.8, 4) is 0 Å². The molecule has 134 valence electrons. The molecule has 2 aromatic rings. The lowest BCUT2D eigenvalue weighted by molar-refractivity contribution is 0.228. The summed E-state index contributed by atoms with van der Waals surface area (Å²) in [4.78, 5) is 7.66. The summed E-state index contributed by atoms with van der Waals surface area (Å²) in [5.41, 5.74) is 5.41. The zero-order valence-corrected chi connectivity index (χ0v) is 15.3. The van der Waals surface area contributed by atoms with Gasteiger partial charge in [-0.15, -0.1) is 0 Å². The number of likely N-dealkylation sites (tertiary alicyclic amines) is 1. The molecule has 2 aliphatic carbocycles. The third-order valence-electron chi connectivity index (χ3n) is 6.45. The van der Waals surface area contributed by atoms with Crippen LogP contribution in [0.1, 0.15) is 78.8 Å². The van der Waals surface area contributed by atoms with Gasteiger partial charge < -0.3 is 9.09 Å². The molecule has 2 aromatic heterocycles. The standard InChI is InChI=1S/C20H28N4O/c1-23-17-9-4-3-8-15(17)21-20(23)18-10-6-12-24(18)13-16-14-7-2-5-11-19(14)25-22-16/h18H,2-13H2,1H3/t18-/m1/s1. The highest BCUT2D eigenvalue weighted by Gasteiger charge is 2.33. The minimum Gasteiger partial charge on any atom is -0.361 e. The molecule has 0 unspecified atom stereocenters. The Morgan fingerprint density at radius 1 is 1.04 bits per heavy atom. The fourth-order valence-electron chi connectivity index (χ4n) is 5.08. The summed E-state index contributed by atoms with van der Waals surface area (Å²) in [6.45, 7) is 2.06. The lowest BCUT2D eigenvalue weighted by Gasteiger charge is -2.24. The molecule has 0 radical (unpaired) electrons. The lowest BCUT2D eigenvalue weighted by atomic mass is 9.96. The molecule has 1 saturated heterocycles. The monoisotopic (exact) mass is 340 g/mol. The zero-order chi connectivity index (χ0) is 16.8.